The minimum absolute atomic E-state index is 0.312. The van der Waals surface area contributed by atoms with E-state index < -0.39 is 0 Å². The lowest BCUT2D eigenvalue weighted by atomic mass is 10.1. The molecule has 1 aromatic heterocycles. The summed E-state index contributed by atoms with van der Waals surface area (Å²) in [7, 11) is 0. The van der Waals surface area contributed by atoms with E-state index >= 15 is 0 Å². The SMILES string of the molecule is Fc1cc(CNC2=CNCC=C2N2CCCNCC2)cc2nccnc12. The molecule has 0 aliphatic carbocycles. The van der Waals surface area contributed by atoms with E-state index in [1.54, 1.807) is 6.20 Å². The molecule has 4 rings (SSSR count). The van der Waals surface area contributed by atoms with Gasteiger partial charge in [-0.05, 0) is 36.7 Å². The van der Waals surface area contributed by atoms with Crippen LogP contribution in [0.25, 0.3) is 11.0 Å². The molecule has 3 N–H and O–H groups in total. The van der Waals surface area contributed by atoms with Gasteiger partial charge in [0.25, 0.3) is 0 Å². The fraction of sp³-hybridized carbons (Fsp3) is 0.368. The number of hydrogen-bond donors (Lipinski definition) is 3. The number of nitrogens with zero attached hydrogens (tertiary/aromatic N) is 3. The van der Waals surface area contributed by atoms with Crippen LogP contribution >= 0.6 is 0 Å². The molecular formula is C19H23FN6. The van der Waals surface area contributed by atoms with Gasteiger partial charge in [0.05, 0.1) is 16.9 Å². The van der Waals surface area contributed by atoms with Crippen LogP contribution < -0.4 is 16.0 Å². The minimum Gasteiger partial charge on any atom is -0.386 e. The summed E-state index contributed by atoms with van der Waals surface area (Å²) >= 11 is 0. The molecular weight excluding hydrogens is 331 g/mol. The van der Waals surface area contributed by atoms with Gasteiger partial charge in [0.15, 0.2) is 5.82 Å². The lowest BCUT2D eigenvalue weighted by Gasteiger charge is -2.30. The number of dihydropyridines is 1. The van der Waals surface area contributed by atoms with E-state index in [1.165, 1.54) is 18.0 Å². The fourth-order valence-electron chi connectivity index (χ4n) is 3.41. The third-order valence-corrected chi connectivity index (χ3v) is 4.69. The first-order valence-corrected chi connectivity index (χ1v) is 9.04. The van der Waals surface area contributed by atoms with Gasteiger partial charge in [-0.3, -0.25) is 4.98 Å². The molecule has 0 atom stereocenters. The molecule has 2 aliphatic rings. The highest BCUT2D eigenvalue weighted by Gasteiger charge is 2.17. The Morgan fingerprint density at radius 2 is 2.08 bits per heavy atom. The van der Waals surface area contributed by atoms with Crippen LogP contribution in [0.2, 0.25) is 0 Å². The maximum Gasteiger partial charge on any atom is 0.151 e. The number of rotatable bonds is 4. The van der Waals surface area contributed by atoms with Crippen molar-refractivity contribution in [2.75, 3.05) is 32.7 Å². The molecule has 136 valence electrons. The summed E-state index contributed by atoms with van der Waals surface area (Å²) < 4.78 is 14.2. The Labute approximate surface area is 152 Å². The number of aromatic nitrogens is 2. The fourth-order valence-corrected chi connectivity index (χ4v) is 3.41. The van der Waals surface area contributed by atoms with Gasteiger partial charge in [-0.25, -0.2) is 9.37 Å². The number of fused-ring (bicyclic) bond motifs is 1. The highest BCUT2D eigenvalue weighted by Crippen LogP contribution is 2.19. The van der Waals surface area contributed by atoms with Gasteiger partial charge in [-0.15, -0.1) is 0 Å². The van der Waals surface area contributed by atoms with Crippen LogP contribution in [0.15, 0.2) is 48.2 Å². The van der Waals surface area contributed by atoms with Crippen LogP contribution in [-0.4, -0.2) is 47.6 Å². The minimum atomic E-state index is -0.336. The van der Waals surface area contributed by atoms with E-state index in [9.17, 15) is 4.39 Å². The Hall–Kier alpha value is -2.67. The van der Waals surface area contributed by atoms with Crippen LogP contribution in [0.4, 0.5) is 4.39 Å². The van der Waals surface area contributed by atoms with Gasteiger partial charge in [0, 0.05) is 51.3 Å². The molecule has 0 saturated carbocycles. The molecule has 1 fully saturated rings. The van der Waals surface area contributed by atoms with Gasteiger partial charge in [0.2, 0.25) is 0 Å². The topological polar surface area (TPSA) is 65.1 Å². The summed E-state index contributed by atoms with van der Waals surface area (Å²) in [6.45, 7) is 5.44. The maximum absolute atomic E-state index is 14.2. The first-order valence-electron chi connectivity index (χ1n) is 9.04. The zero-order valence-corrected chi connectivity index (χ0v) is 14.6. The lowest BCUT2D eigenvalue weighted by Crippen LogP contribution is -2.34. The second-order valence-corrected chi connectivity index (χ2v) is 6.50. The molecule has 7 heteroatoms. The molecule has 0 radical (unpaired) electrons. The van der Waals surface area contributed by atoms with Crippen molar-refractivity contribution in [3.05, 3.63) is 59.6 Å². The van der Waals surface area contributed by atoms with Crippen molar-refractivity contribution >= 4 is 11.0 Å². The van der Waals surface area contributed by atoms with Crippen LogP contribution in [0.3, 0.4) is 0 Å². The van der Waals surface area contributed by atoms with E-state index in [-0.39, 0.29) is 5.82 Å². The van der Waals surface area contributed by atoms with Gasteiger partial charge in [-0.2, -0.15) is 0 Å². The van der Waals surface area contributed by atoms with Crippen LogP contribution in [0.1, 0.15) is 12.0 Å². The Kier molecular flexibility index (Phi) is 4.97. The standard InChI is InChI=1S/C19H23FN6/c20-15-10-14(11-16-19(15)24-6-5-23-16)12-25-17-13-22-4-2-18(17)26-8-1-3-21-7-9-26/h2,5-6,10-11,13,21-22,25H,1,3-4,7-9,12H2. The van der Waals surface area contributed by atoms with E-state index in [4.69, 9.17) is 0 Å². The van der Waals surface area contributed by atoms with Gasteiger partial charge >= 0.3 is 0 Å². The highest BCUT2D eigenvalue weighted by molar-refractivity contribution is 5.75. The zero-order valence-electron chi connectivity index (χ0n) is 14.6. The van der Waals surface area contributed by atoms with Crippen molar-refractivity contribution in [3.63, 3.8) is 0 Å². The molecule has 6 nitrogen and oxygen atoms in total. The van der Waals surface area contributed by atoms with Crippen LogP contribution in [-0.2, 0) is 6.54 Å². The molecule has 2 aromatic rings. The Morgan fingerprint density at radius 1 is 1.15 bits per heavy atom. The third kappa shape index (κ3) is 3.62. The van der Waals surface area contributed by atoms with E-state index in [2.05, 4.69) is 36.9 Å². The smallest absolute Gasteiger partial charge is 0.151 e. The summed E-state index contributed by atoms with van der Waals surface area (Å²) in [6, 6.07) is 3.41. The van der Waals surface area contributed by atoms with E-state index in [0.717, 1.165) is 50.4 Å². The molecule has 0 amide bonds. The monoisotopic (exact) mass is 354 g/mol. The second-order valence-electron chi connectivity index (χ2n) is 6.50. The number of hydrogen-bond acceptors (Lipinski definition) is 6. The Bertz CT molecular complexity index is 839. The normalized spacial score (nSPS) is 18.0. The summed E-state index contributed by atoms with van der Waals surface area (Å²) in [5.41, 5.74) is 3.99. The van der Waals surface area contributed by atoms with Gasteiger partial charge < -0.3 is 20.9 Å². The highest BCUT2D eigenvalue weighted by atomic mass is 19.1. The van der Waals surface area contributed by atoms with Crippen molar-refractivity contribution in [2.45, 2.75) is 13.0 Å². The largest absolute Gasteiger partial charge is 0.386 e. The average molecular weight is 354 g/mol. The van der Waals surface area contributed by atoms with E-state index in [0.29, 0.717) is 17.6 Å². The first-order chi connectivity index (χ1) is 12.8. The number of benzene rings is 1. The molecule has 26 heavy (non-hydrogen) atoms. The van der Waals surface area contributed by atoms with Crippen molar-refractivity contribution in [3.8, 4) is 0 Å². The van der Waals surface area contributed by atoms with Gasteiger partial charge in [-0.1, -0.05) is 0 Å². The summed E-state index contributed by atoms with van der Waals surface area (Å²) in [5, 5.41) is 10.1. The van der Waals surface area contributed by atoms with Crippen LogP contribution in [0, 0.1) is 5.82 Å². The van der Waals surface area contributed by atoms with Crippen molar-refractivity contribution in [2.24, 2.45) is 0 Å². The maximum atomic E-state index is 14.2. The summed E-state index contributed by atoms with van der Waals surface area (Å²) in [5.74, 6) is -0.336. The molecule has 1 saturated heterocycles. The predicted molar refractivity (Wildman–Crippen MR) is 99.6 cm³/mol. The number of halogens is 1. The number of nitrogens with one attached hydrogen (secondary N) is 3. The second kappa shape index (κ2) is 7.70. The van der Waals surface area contributed by atoms with Gasteiger partial charge in [0.1, 0.15) is 5.52 Å². The third-order valence-electron chi connectivity index (χ3n) is 4.69. The van der Waals surface area contributed by atoms with Crippen LogP contribution in [0.5, 0.6) is 0 Å². The first kappa shape index (κ1) is 16.8. The zero-order chi connectivity index (χ0) is 17.8. The molecule has 1 aromatic carbocycles. The summed E-state index contributed by atoms with van der Waals surface area (Å²) in [6.07, 6.45) is 8.44. The quantitative estimate of drug-likeness (QED) is 0.773. The summed E-state index contributed by atoms with van der Waals surface area (Å²) in [4.78, 5) is 10.7. The van der Waals surface area contributed by atoms with Crippen molar-refractivity contribution in [1.29, 1.82) is 0 Å². The molecule has 0 bridgehead atoms. The lowest BCUT2D eigenvalue weighted by molar-refractivity contribution is 0.365. The predicted octanol–water partition coefficient (Wildman–Crippen LogP) is 1.48. The molecule has 0 unspecified atom stereocenters. The average Bonchev–Trinajstić information content (AvgIpc) is 2.96. The van der Waals surface area contributed by atoms with Crippen molar-refractivity contribution < 1.29 is 4.39 Å². The Balaban J connectivity index is 1.49. The van der Waals surface area contributed by atoms with Crippen molar-refractivity contribution in [1.82, 2.24) is 30.8 Å². The Morgan fingerprint density at radius 3 is 3.04 bits per heavy atom. The molecule has 3 heterocycles. The molecule has 2 aliphatic heterocycles. The molecule has 0 spiro atoms. The van der Waals surface area contributed by atoms with E-state index in [1.807, 2.05) is 12.3 Å².